The molecular formula is C19H19N5O5S3. The lowest BCUT2D eigenvalue weighted by atomic mass is 10.0. The molecule has 3 heterocycles. The summed E-state index contributed by atoms with van der Waals surface area (Å²) in [6, 6.07) is 8.02. The highest BCUT2D eigenvalue weighted by molar-refractivity contribution is 8.01. The third kappa shape index (κ3) is 4.46. The van der Waals surface area contributed by atoms with Crippen molar-refractivity contribution < 1.29 is 24.0 Å². The molecule has 0 aliphatic carbocycles. The van der Waals surface area contributed by atoms with Gasteiger partial charge in [0.1, 0.15) is 11.4 Å². The molecule has 3 atom stereocenters. The van der Waals surface area contributed by atoms with E-state index in [1.54, 1.807) is 31.3 Å². The van der Waals surface area contributed by atoms with Gasteiger partial charge in [0.2, 0.25) is 16.4 Å². The number of β-lactam (4-membered cyclic amide) rings is 1. The molecule has 2 aromatic rings. The largest absolute Gasteiger partial charge is 0.614 e. The molecule has 0 spiro atoms. The van der Waals surface area contributed by atoms with E-state index in [1.807, 2.05) is 6.07 Å². The molecule has 0 saturated carbocycles. The second-order valence-corrected chi connectivity index (χ2v) is 10.7. The fraction of sp³-hybridized carbons (Fsp3) is 0.316. The molecule has 13 heteroatoms. The van der Waals surface area contributed by atoms with Gasteiger partial charge in [0.15, 0.2) is 10.4 Å². The molecule has 4 rings (SSSR count). The number of benzene rings is 1. The molecule has 1 aromatic heterocycles. The third-order valence-electron chi connectivity index (χ3n) is 4.92. The second kappa shape index (κ2) is 9.48. The van der Waals surface area contributed by atoms with Gasteiger partial charge in [-0.2, -0.15) is 0 Å². The van der Waals surface area contributed by atoms with Gasteiger partial charge in [-0.3, -0.25) is 14.5 Å². The van der Waals surface area contributed by atoms with Gasteiger partial charge in [-0.15, -0.1) is 10.2 Å². The Hall–Kier alpha value is -2.61. The molecule has 32 heavy (non-hydrogen) atoms. The Kier molecular flexibility index (Phi) is 6.69. The molecule has 1 saturated heterocycles. The van der Waals surface area contributed by atoms with Crippen molar-refractivity contribution in [1.29, 1.82) is 0 Å². The van der Waals surface area contributed by atoms with E-state index >= 15 is 0 Å². The van der Waals surface area contributed by atoms with Crippen LogP contribution in [0.4, 0.5) is 5.13 Å². The van der Waals surface area contributed by atoms with Crippen LogP contribution in [0.2, 0.25) is 0 Å². The highest BCUT2D eigenvalue weighted by Crippen LogP contribution is 2.38. The minimum Gasteiger partial charge on any atom is -0.614 e. The smallest absolute Gasteiger partial charge is 0.352 e. The fourth-order valence-corrected chi connectivity index (χ4v) is 7.02. The number of anilines is 1. The maximum absolute atomic E-state index is 12.9. The van der Waals surface area contributed by atoms with Crippen molar-refractivity contribution >= 4 is 57.2 Å². The number of aliphatic carboxylic acids is 1. The van der Waals surface area contributed by atoms with Crippen molar-refractivity contribution in [1.82, 2.24) is 20.4 Å². The predicted octanol–water partition coefficient (Wildman–Crippen LogP) is 0.669. The van der Waals surface area contributed by atoms with Crippen molar-refractivity contribution in [2.24, 2.45) is 0 Å². The number of rotatable bonds is 8. The van der Waals surface area contributed by atoms with Crippen molar-refractivity contribution in [3.8, 4) is 0 Å². The first-order chi connectivity index (χ1) is 15.4. The van der Waals surface area contributed by atoms with Crippen molar-refractivity contribution in [3.63, 3.8) is 0 Å². The summed E-state index contributed by atoms with van der Waals surface area (Å²) in [4.78, 5) is 38.1. The predicted molar refractivity (Wildman–Crippen MR) is 121 cm³/mol. The number of amides is 2. The molecule has 10 nitrogen and oxygen atoms in total. The zero-order chi connectivity index (χ0) is 22.8. The maximum Gasteiger partial charge on any atom is 0.352 e. The number of carboxylic acid groups (broad SMARTS) is 1. The van der Waals surface area contributed by atoms with E-state index in [0.29, 0.717) is 15.0 Å². The van der Waals surface area contributed by atoms with E-state index in [2.05, 4.69) is 20.8 Å². The van der Waals surface area contributed by atoms with E-state index in [4.69, 9.17) is 0 Å². The van der Waals surface area contributed by atoms with Gasteiger partial charge in [0, 0.05) is 18.4 Å². The monoisotopic (exact) mass is 493 g/mol. The normalized spacial score (nSPS) is 22.2. The zero-order valence-corrected chi connectivity index (χ0v) is 19.3. The Balaban J connectivity index is 1.47. The number of nitrogens with zero attached hydrogens (tertiary/aromatic N) is 3. The first kappa shape index (κ1) is 22.6. The summed E-state index contributed by atoms with van der Waals surface area (Å²) in [5.41, 5.74) is 1.00. The first-order valence-electron chi connectivity index (χ1n) is 9.52. The van der Waals surface area contributed by atoms with Crippen LogP contribution in [0.5, 0.6) is 0 Å². The summed E-state index contributed by atoms with van der Waals surface area (Å²) in [6.07, 6.45) is 0.0734. The lowest BCUT2D eigenvalue weighted by Gasteiger charge is -2.49. The van der Waals surface area contributed by atoms with Gasteiger partial charge in [-0.05, 0) is 16.7 Å². The van der Waals surface area contributed by atoms with Crippen LogP contribution in [0.1, 0.15) is 5.56 Å². The number of carbonyl (C=O) groups is 3. The number of hydrogen-bond acceptors (Lipinski definition) is 9. The van der Waals surface area contributed by atoms with Crippen LogP contribution in [0.3, 0.4) is 0 Å². The minimum absolute atomic E-state index is 0.00578. The molecule has 1 fully saturated rings. The highest BCUT2D eigenvalue weighted by atomic mass is 32.2. The van der Waals surface area contributed by atoms with E-state index in [-0.39, 0.29) is 29.5 Å². The van der Waals surface area contributed by atoms with E-state index in [0.717, 1.165) is 10.5 Å². The topological polar surface area (TPSA) is 148 Å². The standard InChI is InChI=1S/C19H19N5O5S3/c1-20-18-22-23-19(31-18)30-8-11-9-32(29)16-13(15(26)24(16)14(11)17(27)28)21-12(25)7-10-5-3-2-4-6-10/h2-6,13,16H,7-9H2,1H3,(H,20,22)(H,21,25)(H,27,28)/t13?,16-,32?/m0/s1. The fourth-order valence-electron chi connectivity index (χ4n) is 3.49. The first-order valence-corrected chi connectivity index (χ1v) is 12.7. The zero-order valence-electron chi connectivity index (χ0n) is 16.8. The van der Waals surface area contributed by atoms with Gasteiger partial charge in [0.05, 0.1) is 6.42 Å². The molecule has 168 valence electrons. The Morgan fingerprint density at radius 2 is 2.09 bits per heavy atom. The average molecular weight is 494 g/mol. The van der Waals surface area contributed by atoms with Crippen molar-refractivity contribution in [3.05, 3.63) is 47.2 Å². The highest BCUT2D eigenvalue weighted by Gasteiger charge is 2.60. The molecule has 1 aromatic carbocycles. The van der Waals surface area contributed by atoms with E-state index < -0.39 is 34.5 Å². The Morgan fingerprint density at radius 3 is 2.75 bits per heavy atom. The van der Waals surface area contributed by atoms with Gasteiger partial charge in [0.25, 0.3) is 5.91 Å². The molecular weight excluding hydrogens is 474 g/mol. The number of nitrogens with one attached hydrogen (secondary N) is 2. The Morgan fingerprint density at radius 1 is 1.34 bits per heavy atom. The molecule has 2 amide bonds. The third-order valence-corrected chi connectivity index (χ3v) is 8.74. The van der Waals surface area contributed by atoms with Crippen LogP contribution in [-0.4, -0.2) is 72.5 Å². The second-order valence-electron chi connectivity index (χ2n) is 7.00. The summed E-state index contributed by atoms with van der Waals surface area (Å²) >= 11 is 1.03. The number of aromatic nitrogens is 2. The molecule has 0 bridgehead atoms. The number of thioether (sulfide) groups is 1. The molecule has 0 radical (unpaired) electrons. The van der Waals surface area contributed by atoms with Crippen LogP contribution in [0.15, 0.2) is 45.9 Å². The average Bonchev–Trinajstić information content (AvgIpc) is 3.24. The van der Waals surface area contributed by atoms with Crippen LogP contribution < -0.4 is 10.6 Å². The maximum atomic E-state index is 12.9. The SMILES string of the molecule is CNc1nnc(SCC2=C(C(=O)O)N3C(=O)C(NC(=O)Cc4ccccc4)[C@@H]3[S+]([O-])C2)s1. The quantitative estimate of drug-likeness (QED) is 0.274. The molecule has 2 aliphatic heterocycles. The van der Waals surface area contributed by atoms with Gasteiger partial charge in [-0.25, -0.2) is 4.79 Å². The van der Waals surface area contributed by atoms with Crippen LogP contribution in [0, 0.1) is 0 Å². The molecule has 2 unspecified atom stereocenters. The molecule has 2 aliphatic rings. The van der Waals surface area contributed by atoms with Crippen molar-refractivity contribution in [2.75, 3.05) is 23.9 Å². The number of hydrogen-bond donors (Lipinski definition) is 3. The lowest BCUT2D eigenvalue weighted by Crippen LogP contribution is -2.74. The minimum atomic E-state index is -1.55. The number of fused-ring (bicyclic) bond motifs is 1. The Bertz CT molecular complexity index is 1080. The summed E-state index contributed by atoms with van der Waals surface area (Å²) in [5, 5.41) is 22.9. The summed E-state index contributed by atoms with van der Waals surface area (Å²) in [7, 11) is 1.72. The van der Waals surface area contributed by atoms with Gasteiger partial charge in [-0.1, -0.05) is 53.4 Å². The van der Waals surface area contributed by atoms with Crippen LogP contribution >= 0.6 is 23.1 Å². The summed E-state index contributed by atoms with van der Waals surface area (Å²) in [5.74, 6) is -2.00. The molecule has 3 N–H and O–H groups in total. The van der Waals surface area contributed by atoms with Gasteiger partial charge < -0.3 is 20.3 Å². The Labute approximate surface area is 194 Å². The van der Waals surface area contributed by atoms with Gasteiger partial charge >= 0.3 is 5.97 Å². The van der Waals surface area contributed by atoms with E-state index in [1.165, 1.54) is 23.1 Å². The summed E-state index contributed by atoms with van der Waals surface area (Å²) in [6.45, 7) is 0. The summed E-state index contributed by atoms with van der Waals surface area (Å²) < 4.78 is 13.5. The number of carbonyl (C=O) groups excluding carboxylic acids is 2. The van der Waals surface area contributed by atoms with Crippen molar-refractivity contribution in [2.45, 2.75) is 22.2 Å². The van der Waals surface area contributed by atoms with Crippen LogP contribution in [0.25, 0.3) is 0 Å². The number of carboxylic acids is 1. The van der Waals surface area contributed by atoms with E-state index in [9.17, 15) is 24.0 Å². The lowest BCUT2D eigenvalue weighted by molar-refractivity contribution is -0.151. The van der Waals surface area contributed by atoms with Crippen LogP contribution in [-0.2, 0) is 32.0 Å².